The largest absolute Gasteiger partial charge is 0.480 e. The van der Waals surface area contributed by atoms with E-state index in [0.29, 0.717) is 0 Å². The molecule has 2 heterocycles. The van der Waals surface area contributed by atoms with Crippen LogP contribution in [0.3, 0.4) is 0 Å². The molecule has 23 heavy (non-hydrogen) atoms. The number of aldehydes is 1. The number of carbonyl (C=O) groups is 2. The minimum absolute atomic E-state index is 0.103. The number of aromatic nitrogens is 2. The first-order chi connectivity index (χ1) is 10.9. The topological polar surface area (TPSA) is 129 Å². The van der Waals surface area contributed by atoms with Crippen molar-refractivity contribution in [3.05, 3.63) is 42.7 Å². The van der Waals surface area contributed by atoms with Crippen molar-refractivity contribution < 1.29 is 19.8 Å². The van der Waals surface area contributed by atoms with Crippen LogP contribution in [-0.2, 0) is 9.59 Å². The smallest absolute Gasteiger partial charge is 0.323 e. The van der Waals surface area contributed by atoms with E-state index in [0.717, 1.165) is 12.4 Å². The molecule has 2 aromatic heterocycles. The van der Waals surface area contributed by atoms with Gasteiger partial charge >= 0.3 is 5.97 Å². The summed E-state index contributed by atoms with van der Waals surface area (Å²) < 4.78 is 0. The molecule has 1 aromatic carbocycles. The molecule has 7 heteroatoms. The molecule has 5 N–H and O–H groups in total. The van der Waals surface area contributed by atoms with Gasteiger partial charge in [-0.2, -0.15) is 0 Å². The number of hydrogen-bond acceptors (Lipinski definition) is 5. The van der Waals surface area contributed by atoms with Crippen molar-refractivity contribution in [1.29, 1.82) is 0 Å². The number of aromatic amines is 1. The fraction of sp³-hybridized carbons (Fsp3) is 0.188. The first-order valence-corrected chi connectivity index (χ1v) is 6.84. The molecule has 7 nitrogen and oxygen atoms in total. The Bertz CT molecular complexity index is 791. The van der Waals surface area contributed by atoms with Gasteiger partial charge in [0.2, 0.25) is 0 Å². The number of nitrogens with one attached hydrogen (secondary N) is 1. The van der Waals surface area contributed by atoms with Crippen molar-refractivity contribution in [2.45, 2.75) is 18.6 Å². The predicted molar refractivity (Wildman–Crippen MR) is 85.9 cm³/mol. The van der Waals surface area contributed by atoms with E-state index >= 15 is 0 Å². The number of nitrogens with two attached hydrogens (primary N) is 1. The van der Waals surface area contributed by atoms with Crippen LogP contribution in [0, 0.1) is 0 Å². The average molecular weight is 315 g/mol. The van der Waals surface area contributed by atoms with Crippen LogP contribution in [0.25, 0.3) is 21.8 Å². The number of para-hydroxylation sites is 1. The minimum atomic E-state index is -1.98. The number of pyridine rings is 1. The maximum Gasteiger partial charge on any atom is 0.323 e. The van der Waals surface area contributed by atoms with Crippen LogP contribution in [0.5, 0.6) is 0 Å². The van der Waals surface area contributed by atoms with Crippen LogP contribution in [0.15, 0.2) is 42.7 Å². The van der Waals surface area contributed by atoms with Crippen LogP contribution >= 0.6 is 0 Å². The van der Waals surface area contributed by atoms with E-state index in [1.807, 2.05) is 24.5 Å². The Morgan fingerprint density at radius 3 is 2.57 bits per heavy atom. The summed E-state index contributed by atoms with van der Waals surface area (Å²) in [6.45, 7) is 1.04. The molecule has 0 saturated heterocycles. The average Bonchev–Trinajstić information content (AvgIpc) is 2.93. The van der Waals surface area contributed by atoms with Gasteiger partial charge in [-0.15, -0.1) is 0 Å². The monoisotopic (exact) mass is 315 g/mol. The van der Waals surface area contributed by atoms with Gasteiger partial charge in [0.1, 0.15) is 11.6 Å². The zero-order chi connectivity index (χ0) is 17.0. The molecule has 0 spiro atoms. The molecule has 0 aliphatic rings. The zero-order valence-corrected chi connectivity index (χ0v) is 12.4. The van der Waals surface area contributed by atoms with Crippen molar-refractivity contribution in [3.8, 4) is 0 Å². The van der Waals surface area contributed by atoms with Crippen molar-refractivity contribution in [2.75, 3.05) is 0 Å². The number of carboxylic acids is 1. The molecule has 0 aliphatic heterocycles. The number of H-pyrrole nitrogens is 1. The zero-order valence-electron chi connectivity index (χ0n) is 12.4. The van der Waals surface area contributed by atoms with Gasteiger partial charge in [-0.1, -0.05) is 18.2 Å². The van der Waals surface area contributed by atoms with Crippen LogP contribution in [0.2, 0.25) is 0 Å². The third kappa shape index (κ3) is 3.53. The Morgan fingerprint density at radius 1 is 1.30 bits per heavy atom. The Morgan fingerprint density at radius 2 is 1.96 bits per heavy atom. The highest BCUT2D eigenvalue weighted by Crippen LogP contribution is 2.23. The van der Waals surface area contributed by atoms with Crippen molar-refractivity contribution in [3.63, 3.8) is 0 Å². The van der Waals surface area contributed by atoms with Gasteiger partial charge in [-0.3, -0.25) is 9.78 Å². The van der Waals surface area contributed by atoms with Crippen LogP contribution in [-0.4, -0.2) is 44.1 Å². The van der Waals surface area contributed by atoms with Gasteiger partial charge < -0.3 is 25.7 Å². The number of benzene rings is 1. The molecule has 0 amide bonds. The van der Waals surface area contributed by atoms with Crippen molar-refractivity contribution >= 4 is 34.1 Å². The Hall–Kier alpha value is -2.77. The molecule has 3 rings (SSSR count). The summed E-state index contributed by atoms with van der Waals surface area (Å²) in [7, 11) is 0. The lowest BCUT2D eigenvalue weighted by Gasteiger charge is -2.19. The maximum atomic E-state index is 10.1. The molecule has 0 fully saturated rings. The number of nitrogens with zero attached hydrogens (tertiary/aromatic N) is 1. The number of carbonyl (C=O) groups excluding carboxylic acids is 1. The SMILES string of the molecule is CC(O)(C=O)C(N)C(=O)O.c1ccc2c(c1)[nH]c1cnccc12. The molecule has 0 radical (unpaired) electrons. The summed E-state index contributed by atoms with van der Waals surface area (Å²) in [6, 6.07) is 8.75. The molecule has 2 unspecified atom stereocenters. The fourth-order valence-electron chi connectivity index (χ4n) is 2.02. The number of fused-ring (bicyclic) bond motifs is 3. The molecular formula is C16H17N3O4. The van der Waals surface area contributed by atoms with Gasteiger partial charge in [-0.25, -0.2) is 0 Å². The highest BCUT2D eigenvalue weighted by atomic mass is 16.4. The number of rotatable bonds is 3. The van der Waals surface area contributed by atoms with Crippen molar-refractivity contribution in [2.24, 2.45) is 5.73 Å². The van der Waals surface area contributed by atoms with Gasteiger partial charge in [0.25, 0.3) is 0 Å². The van der Waals surface area contributed by atoms with Crippen molar-refractivity contribution in [1.82, 2.24) is 9.97 Å². The second kappa shape index (κ2) is 6.55. The second-order valence-corrected chi connectivity index (χ2v) is 5.25. The highest BCUT2D eigenvalue weighted by Gasteiger charge is 2.33. The standard InChI is InChI=1S/C11H8N2.C5H9NO4/c1-2-4-10-8(3-1)9-5-6-12-7-11(9)13-10;1-5(10,2-7)3(6)4(8)9/h1-7,13H;2-3,10H,6H2,1H3,(H,8,9). The summed E-state index contributed by atoms with van der Waals surface area (Å²) in [5, 5.41) is 19.6. The number of aliphatic hydroxyl groups is 1. The summed E-state index contributed by atoms with van der Waals surface area (Å²) in [6.07, 6.45) is 3.78. The van der Waals surface area contributed by atoms with E-state index in [-0.39, 0.29) is 6.29 Å². The lowest BCUT2D eigenvalue weighted by atomic mass is 10.00. The van der Waals surface area contributed by atoms with E-state index in [9.17, 15) is 9.59 Å². The highest BCUT2D eigenvalue weighted by molar-refractivity contribution is 6.06. The van der Waals surface area contributed by atoms with E-state index in [1.54, 1.807) is 0 Å². The van der Waals surface area contributed by atoms with Gasteiger partial charge in [0.05, 0.1) is 11.7 Å². The van der Waals surface area contributed by atoms with E-state index in [2.05, 4.69) is 28.2 Å². The first-order valence-electron chi connectivity index (χ1n) is 6.84. The third-order valence-corrected chi connectivity index (χ3v) is 3.44. The second-order valence-electron chi connectivity index (χ2n) is 5.25. The molecular weight excluding hydrogens is 298 g/mol. The van der Waals surface area contributed by atoms with Crippen LogP contribution in [0.1, 0.15) is 6.92 Å². The molecule has 0 saturated carbocycles. The fourth-order valence-corrected chi connectivity index (χ4v) is 2.02. The molecule has 3 aromatic rings. The molecule has 0 aliphatic carbocycles. The third-order valence-electron chi connectivity index (χ3n) is 3.44. The number of aliphatic carboxylic acids is 1. The Labute approximate surface area is 131 Å². The molecule has 2 atom stereocenters. The van der Waals surface area contributed by atoms with E-state index in [4.69, 9.17) is 15.9 Å². The predicted octanol–water partition coefficient (Wildman–Crippen LogP) is 1.06. The minimum Gasteiger partial charge on any atom is -0.480 e. The quantitative estimate of drug-likeness (QED) is 0.535. The number of carboxylic acid groups (broad SMARTS) is 1. The summed E-state index contributed by atoms with van der Waals surface area (Å²) in [5.41, 5.74) is 5.22. The van der Waals surface area contributed by atoms with Crippen LogP contribution in [0.4, 0.5) is 0 Å². The molecule has 120 valence electrons. The number of hydrogen-bond donors (Lipinski definition) is 4. The maximum absolute atomic E-state index is 10.1. The Kier molecular flexibility index (Phi) is 4.73. The first kappa shape index (κ1) is 16.6. The lowest BCUT2D eigenvalue weighted by molar-refractivity contribution is -0.147. The van der Waals surface area contributed by atoms with Gasteiger partial charge in [0, 0.05) is 22.5 Å². The van der Waals surface area contributed by atoms with Gasteiger partial charge in [-0.05, 0) is 19.1 Å². The van der Waals surface area contributed by atoms with Crippen LogP contribution < -0.4 is 5.73 Å². The van der Waals surface area contributed by atoms with E-state index < -0.39 is 17.6 Å². The molecule has 0 bridgehead atoms. The summed E-state index contributed by atoms with van der Waals surface area (Å²) in [5.74, 6) is -1.41. The summed E-state index contributed by atoms with van der Waals surface area (Å²) in [4.78, 5) is 27.4. The van der Waals surface area contributed by atoms with E-state index in [1.165, 1.54) is 16.3 Å². The lowest BCUT2D eigenvalue weighted by Crippen LogP contribution is -2.51. The Balaban J connectivity index is 0.000000175. The normalized spacial score (nSPS) is 14.6. The summed E-state index contributed by atoms with van der Waals surface area (Å²) >= 11 is 0. The van der Waals surface area contributed by atoms with Gasteiger partial charge in [0.15, 0.2) is 6.29 Å².